The Bertz CT molecular complexity index is 116. The van der Waals surface area contributed by atoms with E-state index in [9.17, 15) is 0 Å². The molecule has 2 atom stereocenters. The summed E-state index contributed by atoms with van der Waals surface area (Å²) >= 11 is 0. The largest absolute Gasteiger partial charge is 0.120 e. The van der Waals surface area contributed by atoms with Crippen molar-refractivity contribution in [3.63, 3.8) is 0 Å². The number of terminal acetylenes is 1. The third-order valence-electron chi connectivity index (χ3n) is 2.39. The summed E-state index contributed by atoms with van der Waals surface area (Å²) in [6.07, 6.45) is 6.13. The van der Waals surface area contributed by atoms with Gasteiger partial charge in [-0.05, 0) is 17.8 Å². The van der Waals surface area contributed by atoms with Crippen LogP contribution in [0, 0.1) is 30.1 Å². The molecule has 0 aromatic heterocycles. The summed E-state index contributed by atoms with van der Waals surface area (Å²) < 4.78 is 0. The van der Waals surface area contributed by atoms with E-state index in [-0.39, 0.29) is 0 Å². The molecule has 0 rings (SSSR count). The van der Waals surface area contributed by atoms with Gasteiger partial charge in [0.15, 0.2) is 0 Å². The maximum atomic E-state index is 5.22. The molecule has 0 saturated heterocycles. The van der Waals surface area contributed by atoms with Crippen LogP contribution in [0.4, 0.5) is 0 Å². The van der Waals surface area contributed by atoms with E-state index in [1.165, 1.54) is 0 Å². The van der Waals surface area contributed by atoms with Gasteiger partial charge in [0, 0.05) is 6.42 Å². The van der Waals surface area contributed by atoms with Crippen molar-refractivity contribution >= 4 is 0 Å². The first kappa shape index (κ1) is 9.56. The molecular formula is C10H18. The molecule has 0 fully saturated rings. The third-order valence-corrected chi connectivity index (χ3v) is 2.39. The lowest BCUT2D eigenvalue weighted by atomic mass is 9.84. The molecule has 0 aliphatic heterocycles. The quantitative estimate of drug-likeness (QED) is 0.526. The van der Waals surface area contributed by atoms with E-state index >= 15 is 0 Å². The summed E-state index contributed by atoms with van der Waals surface area (Å²) in [5.41, 5.74) is 0. The molecule has 10 heavy (non-hydrogen) atoms. The van der Waals surface area contributed by atoms with Crippen LogP contribution in [0.2, 0.25) is 0 Å². The molecule has 0 radical (unpaired) electrons. The molecule has 0 spiro atoms. The van der Waals surface area contributed by atoms with Gasteiger partial charge in [0.25, 0.3) is 0 Å². The first-order valence-electron chi connectivity index (χ1n) is 4.03. The van der Waals surface area contributed by atoms with Crippen molar-refractivity contribution in [2.75, 3.05) is 0 Å². The van der Waals surface area contributed by atoms with Crippen molar-refractivity contribution in [3.8, 4) is 12.3 Å². The number of hydrogen-bond acceptors (Lipinski definition) is 0. The third kappa shape index (κ3) is 2.92. The molecule has 0 aromatic carbocycles. The van der Waals surface area contributed by atoms with Gasteiger partial charge in [-0.3, -0.25) is 0 Å². The standard InChI is InChI=1S/C10H18/c1-6-7-9(4)10(5)8(2)3/h1,8-10H,7H2,2-5H3/t9-,10-/m1/s1. The van der Waals surface area contributed by atoms with Crippen LogP contribution in [-0.2, 0) is 0 Å². The first-order chi connectivity index (χ1) is 4.59. The predicted molar refractivity (Wildman–Crippen MR) is 46.6 cm³/mol. The molecule has 0 aliphatic rings. The second-order valence-corrected chi connectivity index (χ2v) is 3.49. The molecule has 0 nitrogen and oxygen atoms in total. The predicted octanol–water partition coefficient (Wildman–Crippen LogP) is 2.94. The van der Waals surface area contributed by atoms with E-state index in [1.807, 2.05) is 0 Å². The lowest BCUT2D eigenvalue weighted by Gasteiger charge is -2.21. The highest BCUT2D eigenvalue weighted by Crippen LogP contribution is 2.21. The number of hydrogen-bond donors (Lipinski definition) is 0. The van der Waals surface area contributed by atoms with Gasteiger partial charge >= 0.3 is 0 Å². The topological polar surface area (TPSA) is 0 Å². The van der Waals surface area contributed by atoms with E-state index < -0.39 is 0 Å². The summed E-state index contributed by atoms with van der Waals surface area (Å²) in [6.45, 7) is 8.99. The van der Waals surface area contributed by atoms with Crippen LogP contribution in [0.15, 0.2) is 0 Å². The molecule has 0 amide bonds. The summed E-state index contributed by atoms with van der Waals surface area (Å²) in [5, 5.41) is 0. The molecule has 0 unspecified atom stereocenters. The molecule has 0 heteroatoms. The second-order valence-electron chi connectivity index (χ2n) is 3.49. The first-order valence-corrected chi connectivity index (χ1v) is 4.03. The zero-order valence-corrected chi connectivity index (χ0v) is 7.52. The Hall–Kier alpha value is -0.440. The summed E-state index contributed by atoms with van der Waals surface area (Å²) in [7, 11) is 0. The average molecular weight is 138 g/mol. The van der Waals surface area contributed by atoms with Crippen molar-refractivity contribution in [2.45, 2.75) is 34.1 Å². The fourth-order valence-electron chi connectivity index (χ4n) is 1.03. The van der Waals surface area contributed by atoms with Crippen LogP contribution in [0.5, 0.6) is 0 Å². The summed E-state index contributed by atoms with van der Waals surface area (Å²) in [4.78, 5) is 0. The van der Waals surface area contributed by atoms with Gasteiger partial charge in [0.1, 0.15) is 0 Å². The minimum atomic E-state index is 0.671. The smallest absolute Gasteiger partial charge is 0.0114 e. The summed E-state index contributed by atoms with van der Waals surface area (Å²) in [6, 6.07) is 0. The summed E-state index contributed by atoms with van der Waals surface area (Å²) in [5.74, 6) is 4.87. The molecule has 0 aliphatic carbocycles. The Morgan fingerprint density at radius 1 is 1.20 bits per heavy atom. The van der Waals surface area contributed by atoms with Gasteiger partial charge in [-0.25, -0.2) is 0 Å². The lowest BCUT2D eigenvalue weighted by Crippen LogP contribution is -2.13. The van der Waals surface area contributed by atoms with Crippen LogP contribution in [0.3, 0.4) is 0 Å². The van der Waals surface area contributed by atoms with Crippen molar-refractivity contribution in [1.29, 1.82) is 0 Å². The van der Waals surface area contributed by atoms with Gasteiger partial charge < -0.3 is 0 Å². The maximum Gasteiger partial charge on any atom is 0.0114 e. The molecule has 0 N–H and O–H groups in total. The van der Waals surface area contributed by atoms with E-state index in [1.54, 1.807) is 0 Å². The van der Waals surface area contributed by atoms with Crippen molar-refractivity contribution < 1.29 is 0 Å². The Morgan fingerprint density at radius 2 is 1.70 bits per heavy atom. The molecule has 58 valence electrons. The minimum absolute atomic E-state index is 0.671. The normalized spacial score (nSPS) is 16.4. The van der Waals surface area contributed by atoms with Crippen LogP contribution in [0.1, 0.15) is 34.1 Å². The van der Waals surface area contributed by atoms with Crippen LogP contribution in [0.25, 0.3) is 0 Å². The molecular weight excluding hydrogens is 120 g/mol. The Balaban J connectivity index is 3.72. The Morgan fingerprint density at radius 3 is 2.00 bits per heavy atom. The average Bonchev–Trinajstić information content (AvgIpc) is 1.87. The SMILES string of the molecule is C#CC[C@@H](C)[C@H](C)C(C)C. The highest BCUT2D eigenvalue weighted by Gasteiger charge is 2.13. The van der Waals surface area contributed by atoms with Crippen molar-refractivity contribution in [2.24, 2.45) is 17.8 Å². The lowest BCUT2D eigenvalue weighted by molar-refractivity contribution is 0.301. The van der Waals surface area contributed by atoms with Crippen LogP contribution >= 0.6 is 0 Å². The zero-order valence-electron chi connectivity index (χ0n) is 7.52. The van der Waals surface area contributed by atoms with E-state index in [2.05, 4.69) is 33.6 Å². The van der Waals surface area contributed by atoms with E-state index in [4.69, 9.17) is 6.42 Å². The molecule has 0 heterocycles. The fourth-order valence-corrected chi connectivity index (χ4v) is 1.03. The Labute approximate surface area is 65.0 Å². The fraction of sp³-hybridized carbons (Fsp3) is 0.800. The van der Waals surface area contributed by atoms with Gasteiger partial charge in [0.05, 0.1) is 0 Å². The highest BCUT2D eigenvalue weighted by molar-refractivity contribution is 4.87. The van der Waals surface area contributed by atoms with Crippen molar-refractivity contribution in [3.05, 3.63) is 0 Å². The van der Waals surface area contributed by atoms with Crippen LogP contribution < -0.4 is 0 Å². The van der Waals surface area contributed by atoms with E-state index in [0.29, 0.717) is 5.92 Å². The Kier molecular flexibility index (Phi) is 4.19. The highest BCUT2D eigenvalue weighted by atomic mass is 14.2. The van der Waals surface area contributed by atoms with Crippen molar-refractivity contribution in [1.82, 2.24) is 0 Å². The number of rotatable bonds is 3. The van der Waals surface area contributed by atoms with Gasteiger partial charge in [0.2, 0.25) is 0 Å². The van der Waals surface area contributed by atoms with Gasteiger partial charge in [-0.2, -0.15) is 0 Å². The monoisotopic (exact) mass is 138 g/mol. The molecule has 0 aromatic rings. The molecule has 0 bridgehead atoms. The maximum absolute atomic E-state index is 5.22. The van der Waals surface area contributed by atoms with Gasteiger partial charge in [-0.1, -0.05) is 27.7 Å². The van der Waals surface area contributed by atoms with Crippen LogP contribution in [-0.4, -0.2) is 0 Å². The zero-order chi connectivity index (χ0) is 8.15. The minimum Gasteiger partial charge on any atom is -0.120 e. The van der Waals surface area contributed by atoms with Gasteiger partial charge in [-0.15, -0.1) is 12.3 Å². The van der Waals surface area contributed by atoms with E-state index in [0.717, 1.165) is 18.3 Å². The molecule has 0 saturated carbocycles. The second kappa shape index (κ2) is 4.39.